The van der Waals surface area contributed by atoms with E-state index in [1.807, 2.05) is 39.8 Å². The summed E-state index contributed by atoms with van der Waals surface area (Å²) in [6.45, 7) is 9.75. The van der Waals surface area contributed by atoms with Gasteiger partial charge in [-0.3, -0.25) is 0 Å². The summed E-state index contributed by atoms with van der Waals surface area (Å²) in [5.74, 6) is 0. The second kappa shape index (κ2) is 7.31. The molecule has 88 valence electrons. The molecule has 0 aliphatic carbocycles. The highest BCUT2D eigenvalue weighted by Gasteiger charge is 2.28. The smallest absolute Gasteiger partial charge is 0.418 e. The van der Waals surface area contributed by atoms with Crippen LogP contribution in [-0.2, 0) is 8.23 Å². The summed E-state index contributed by atoms with van der Waals surface area (Å²) < 4.78 is 11.1. The molecule has 0 aromatic carbocycles. The molecule has 0 spiro atoms. The molecule has 0 saturated carbocycles. The van der Waals surface area contributed by atoms with E-state index in [-0.39, 0.29) is 0 Å². The Kier molecular flexibility index (Phi) is 7.32. The van der Waals surface area contributed by atoms with Gasteiger partial charge in [-0.25, -0.2) is 0 Å². The Bertz CT molecular complexity index is 225. The van der Waals surface area contributed by atoms with Crippen molar-refractivity contribution < 1.29 is 13.0 Å². The Hall–Kier alpha value is 0.0106. The van der Waals surface area contributed by atoms with Crippen LogP contribution in [0.25, 0.3) is 0 Å². The molecule has 0 heterocycles. The number of allylic oxidation sites excluding steroid dienone is 4. The Labute approximate surface area is 98.4 Å². The van der Waals surface area contributed by atoms with E-state index in [2.05, 4.69) is 0 Å². The van der Waals surface area contributed by atoms with Crippen molar-refractivity contribution in [3.05, 3.63) is 22.5 Å². The molecule has 0 amide bonds. The van der Waals surface area contributed by atoms with Gasteiger partial charge in [0.05, 0.1) is 0 Å². The first kappa shape index (κ1) is 15.0. The summed E-state index contributed by atoms with van der Waals surface area (Å²) in [5, 5.41) is 2.49. The van der Waals surface area contributed by atoms with Crippen LogP contribution in [0.4, 0.5) is 0 Å². The fourth-order valence-electron chi connectivity index (χ4n) is 0.704. The van der Waals surface area contributed by atoms with Crippen molar-refractivity contribution in [1.29, 1.82) is 0 Å². The van der Waals surface area contributed by atoms with Crippen molar-refractivity contribution in [3.8, 4) is 0 Å². The van der Waals surface area contributed by atoms with Crippen LogP contribution in [0.5, 0.6) is 0 Å². The Morgan fingerprint density at radius 3 is 1.67 bits per heavy atom. The molecule has 0 atom stereocenters. The molecule has 0 saturated heterocycles. The molecule has 15 heavy (non-hydrogen) atoms. The molecule has 0 aliphatic rings. The molecule has 3 nitrogen and oxygen atoms in total. The van der Waals surface area contributed by atoms with E-state index in [1.54, 1.807) is 6.55 Å². The summed E-state index contributed by atoms with van der Waals surface area (Å²) >= 11 is 0. The molecule has 0 aromatic rings. The van der Waals surface area contributed by atoms with Crippen LogP contribution in [0.3, 0.4) is 0 Å². The molecule has 0 rings (SSSR count). The van der Waals surface area contributed by atoms with Gasteiger partial charge in [0.25, 0.3) is 0 Å². The van der Waals surface area contributed by atoms with Gasteiger partial charge in [0, 0.05) is 6.55 Å². The number of hydrogen-bond donors (Lipinski definition) is 1. The second-order valence-electron chi connectivity index (χ2n) is 3.75. The van der Waals surface area contributed by atoms with Crippen LogP contribution in [0.2, 0.25) is 6.55 Å². The van der Waals surface area contributed by atoms with E-state index in [0.717, 1.165) is 0 Å². The minimum Gasteiger partial charge on any atom is -0.418 e. The van der Waals surface area contributed by atoms with Gasteiger partial charge in [0.1, 0.15) is 0 Å². The maximum atomic E-state index is 9.91. The highest BCUT2D eigenvalue weighted by atomic mass is 28.4. The molecule has 0 bridgehead atoms. The second-order valence-corrected chi connectivity index (χ2v) is 10.7. The largest absolute Gasteiger partial charge is 0.473 e. The zero-order valence-electron chi connectivity index (χ0n) is 10.3. The van der Waals surface area contributed by atoms with E-state index < -0.39 is 28.3 Å². The van der Waals surface area contributed by atoms with Crippen LogP contribution >= 0.6 is 0 Å². The van der Waals surface area contributed by atoms with E-state index in [1.165, 1.54) is 10.4 Å². The molecule has 0 fully saturated rings. The monoisotopic (exact) mass is 262 g/mol. The Morgan fingerprint density at radius 1 is 1.07 bits per heavy atom. The minimum atomic E-state index is -2.82. The third-order valence-electron chi connectivity index (χ3n) is 2.12. The molecule has 6 heteroatoms. The zero-order valence-corrected chi connectivity index (χ0v) is 14.2. The molecule has 0 aliphatic heterocycles. The van der Waals surface area contributed by atoms with Gasteiger partial charge >= 0.3 is 8.80 Å². The first-order valence-electron chi connectivity index (χ1n) is 5.15. The highest BCUT2D eigenvalue weighted by molar-refractivity contribution is 6.70. The lowest BCUT2D eigenvalue weighted by Gasteiger charge is -2.21. The third-order valence-corrected chi connectivity index (χ3v) is 9.29. The zero-order chi connectivity index (χ0) is 11.9. The summed E-state index contributed by atoms with van der Waals surface area (Å²) in [6, 6.07) is 0. The van der Waals surface area contributed by atoms with E-state index >= 15 is 0 Å². The SMILES string of the molecule is CC=C(C)[SiH2]O[Si](C)(O)O[SiH2]C(C)=CC. The van der Waals surface area contributed by atoms with Crippen LogP contribution in [0.15, 0.2) is 22.5 Å². The quantitative estimate of drug-likeness (QED) is 0.712. The van der Waals surface area contributed by atoms with Crippen molar-refractivity contribution in [2.45, 2.75) is 34.2 Å². The van der Waals surface area contributed by atoms with Gasteiger partial charge in [0.2, 0.25) is 0 Å². The molecular weight excluding hydrogens is 240 g/mol. The van der Waals surface area contributed by atoms with Gasteiger partial charge in [-0.15, -0.1) is 0 Å². The summed E-state index contributed by atoms with van der Waals surface area (Å²) in [6.07, 6.45) is 4.07. The van der Waals surface area contributed by atoms with Gasteiger partial charge in [-0.1, -0.05) is 22.5 Å². The Morgan fingerprint density at radius 2 is 1.40 bits per heavy atom. The van der Waals surface area contributed by atoms with Crippen molar-refractivity contribution in [1.82, 2.24) is 0 Å². The molecular formula is C9H22O3Si3. The van der Waals surface area contributed by atoms with Crippen LogP contribution < -0.4 is 0 Å². The number of rotatable bonds is 6. The maximum Gasteiger partial charge on any atom is 0.473 e. The standard InChI is InChI=1S/C9H22O3Si3/c1-6-8(3)13-11-15(5,10)12-14-9(4)7-2/h6-7,10H,13-14H2,1-5H3. The maximum absolute atomic E-state index is 9.91. The lowest BCUT2D eigenvalue weighted by Crippen LogP contribution is -2.41. The lowest BCUT2D eigenvalue weighted by molar-refractivity contribution is 0.275. The average Bonchev–Trinajstić information content (AvgIpc) is 2.22. The van der Waals surface area contributed by atoms with Gasteiger partial charge in [-0.2, -0.15) is 0 Å². The summed E-state index contributed by atoms with van der Waals surface area (Å²) in [4.78, 5) is 9.91. The summed E-state index contributed by atoms with van der Waals surface area (Å²) in [7, 11) is -4.36. The topological polar surface area (TPSA) is 38.7 Å². The van der Waals surface area contributed by atoms with Gasteiger partial charge in [0.15, 0.2) is 19.5 Å². The van der Waals surface area contributed by atoms with Gasteiger partial charge < -0.3 is 13.0 Å². The van der Waals surface area contributed by atoms with E-state index in [0.29, 0.717) is 0 Å². The summed E-state index contributed by atoms with van der Waals surface area (Å²) in [5.41, 5.74) is 0. The minimum absolute atomic E-state index is 0.769. The lowest BCUT2D eigenvalue weighted by atomic mass is 10.6. The van der Waals surface area contributed by atoms with E-state index in [9.17, 15) is 4.80 Å². The third kappa shape index (κ3) is 7.88. The predicted octanol–water partition coefficient (Wildman–Crippen LogP) is 0.596. The van der Waals surface area contributed by atoms with Crippen molar-refractivity contribution in [2.24, 2.45) is 0 Å². The first-order chi connectivity index (χ1) is 6.91. The molecule has 1 N–H and O–H groups in total. The highest BCUT2D eigenvalue weighted by Crippen LogP contribution is 2.05. The van der Waals surface area contributed by atoms with Crippen molar-refractivity contribution in [2.75, 3.05) is 0 Å². The van der Waals surface area contributed by atoms with Crippen molar-refractivity contribution >= 4 is 28.3 Å². The fourth-order valence-corrected chi connectivity index (χ4v) is 6.08. The molecule has 0 radical (unpaired) electrons. The van der Waals surface area contributed by atoms with Crippen LogP contribution in [-0.4, -0.2) is 33.1 Å². The first-order valence-corrected chi connectivity index (χ1v) is 9.98. The van der Waals surface area contributed by atoms with Crippen LogP contribution in [0, 0.1) is 0 Å². The molecule has 0 aromatic heterocycles. The Balaban J connectivity index is 3.97. The van der Waals surface area contributed by atoms with Crippen LogP contribution in [0.1, 0.15) is 27.7 Å². The molecule has 0 unspecified atom stereocenters. The predicted molar refractivity (Wildman–Crippen MR) is 72.0 cm³/mol. The normalized spacial score (nSPS) is 19.3. The number of hydrogen-bond acceptors (Lipinski definition) is 3. The van der Waals surface area contributed by atoms with E-state index in [4.69, 9.17) is 8.23 Å². The van der Waals surface area contributed by atoms with Gasteiger partial charge in [-0.05, 0) is 27.7 Å². The fraction of sp³-hybridized carbons (Fsp3) is 0.556. The average molecular weight is 263 g/mol. The van der Waals surface area contributed by atoms with Crippen molar-refractivity contribution in [3.63, 3.8) is 0 Å².